The lowest BCUT2D eigenvalue weighted by molar-refractivity contribution is 0.398. The summed E-state index contributed by atoms with van der Waals surface area (Å²) in [6, 6.07) is 12.0. The molecule has 0 saturated heterocycles. The van der Waals surface area contributed by atoms with Crippen molar-refractivity contribution in [3.63, 3.8) is 0 Å². The Bertz CT molecular complexity index is 998. The summed E-state index contributed by atoms with van der Waals surface area (Å²) in [5, 5.41) is 1.40. The van der Waals surface area contributed by atoms with Crippen molar-refractivity contribution in [1.82, 2.24) is 9.71 Å². The molecule has 6 nitrogen and oxygen atoms in total. The number of nitrogens with one attached hydrogen (secondary N) is 1. The summed E-state index contributed by atoms with van der Waals surface area (Å²) in [5.74, 6) is 1.22. The Labute approximate surface area is 146 Å². The first-order valence-electron chi connectivity index (χ1n) is 7.58. The van der Waals surface area contributed by atoms with Gasteiger partial charge in [-0.15, -0.1) is 0 Å². The topological polar surface area (TPSA) is 77.5 Å². The maximum Gasteiger partial charge on any atom is 0.241 e. The maximum atomic E-state index is 12.8. The predicted molar refractivity (Wildman–Crippen MR) is 95.3 cm³/mol. The second-order valence-corrected chi connectivity index (χ2v) is 7.09. The van der Waals surface area contributed by atoms with Crippen LogP contribution in [0.2, 0.25) is 0 Å². The molecule has 3 rings (SSSR count). The quantitative estimate of drug-likeness (QED) is 0.733. The number of aromatic nitrogens is 1. The molecule has 0 aliphatic carbocycles. The Kier molecular flexibility index (Phi) is 4.87. The Balaban J connectivity index is 1.92. The van der Waals surface area contributed by atoms with E-state index in [0.717, 1.165) is 5.39 Å². The summed E-state index contributed by atoms with van der Waals surface area (Å²) in [5.41, 5.74) is 0.687. The lowest BCUT2D eigenvalue weighted by Crippen LogP contribution is -2.23. The number of benzene rings is 2. The van der Waals surface area contributed by atoms with E-state index in [4.69, 9.17) is 9.47 Å². The van der Waals surface area contributed by atoms with Gasteiger partial charge in [0.1, 0.15) is 11.5 Å². The van der Waals surface area contributed by atoms with Gasteiger partial charge in [-0.05, 0) is 30.3 Å². The van der Waals surface area contributed by atoms with E-state index < -0.39 is 10.0 Å². The van der Waals surface area contributed by atoms with E-state index in [9.17, 15) is 8.42 Å². The first kappa shape index (κ1) is 17.2. The van der Waals surface area contributed by atoms with Crippen LogP contribution in [-0.2, 0) is 16.6 Å². The van der Waals surface area contributed by atoms with Gasteiger partial charge in [0.15, 0.2) is 0 Å². The van der Waals surface area contributed by atoms with Crippen LogP contribution in [0.25, 0.3) is 10.8 Å². The van der Waals surface area contributed by atoms with Crippen molar-refractivity contribution >= 4 is 20.8 Å². The number of methoxy groups -OCH3 is 2. The van der Waals surface area contributed by atoms with Crippen molar-refractivity contribution in [2.45, 2.75) is 11.4 Å². The largest absolute Gasteiger partial charge is 0.497 e. The van der Waals surface area contributed by atoms with Gasteiger partial charge in [-0.1, -0.05) is 12.1 Å². The summed E-state index contributed by atoms with van der Waals surface area (Å²) in [6.07, 6.45) is 3.21. The number of hydrogen-bond donors (Lipinski definition) is 1. The minimum atomic E-state index is -3.70. The van der Waals surface area contributed by atoms with Crippen molar-refractivity contribution in [3.8, 4) is 11.5 Å². The van der Waals surface area contributed by atoms with Crippen LogP contribution in [0.3, 0.4) is 0 Å². The molecule has 25 heavy (non-hydrogen) atoms. The molecule has 3 aromatic rings. The summed E-state index contributed by atoms with van der Waals surface area (Å²) >= 11 is 0. The third-order valence-corrected chi connectivity index (χ3v) is 5.33. The van der Waals surface area contributed by atoms with E-state index in [-0.39, 0.29) is 11.4 Å². The van der Waals surface area contributed by atoms with Crippen molar-refractivity contribution < 1.29 is 17.9 Å². The zero-order valence-corrected chi connectivity index (χ0v) is 14.7. The Morgan fingerprint density at radius 2 is 1.92 bits per heavy atom. The van der Waals surface area contributed by atoms with Gasteiger partial charge in [0.05, 0.1) is 19.1 Å². The zero-order chi connectivity index (χ0) is 17.9. The fraction of sp³-hybridized carbons (Fsp3) is 0.167. The van der Waals surface area contributed by atoms with Crippen LogP contribution >= 0.6 is 0 Å². The highest BCUT2D eigenvalue weighted by Crippen LogP contribution is 2.25. The smallest absolute Gasteiger partial charge is 0.241 e. The lowest BCUT2D eigenvalue weighted by atomic mass is 10.2. The van der Waals surface area contributed by atoms with Gasteiger partial charge in [-0.2, -0.15) is 0 Å². The number of fused-ring (bicyclic) bond motifs is 1. The van der Waals surface area contributed by atoms with Gasteiger partial charge in [0.25, 0.3) is 0 Å². The zero-order valence-electron chi connectivity index (χ0n) is 13.9. The highest BCUT2D eigenvalue weighted by molar-refractivity contribution is 7.89. The van der Waals surface area contributed by atoms with Crippen LogP contribution in [0, 0.1) is 0 Å². The first-order chi connectivity index (χ1) is 12.0. The fourth-order valence-corrected chi connectivity index (χ4v) is 3.83. The summed E-state index contributed by atoms with van der Waals surface area (Å²) in [4.78, 5) is 4.24. The third-order valence-electron chi connectivity index (χ3n) is 3.87. The maximum absolute atomic E-state index is 12.8. The molecule has 2 aromatic carbocycles. The molecule has 1 aromatic heterocycles. The molecule has 0 saturated carbocycles. The molecule has 0 bridgehead atoms. The summed E-state index contributed by atoms with van der Waals surface area (Å²) in [6.45, 7) is 0.0875. The van der Waals surface area contributed by atoms with E-state index in [0.29, 0.717) is 22.4 Å². The van der Waals surface area contributed by atoms with E-state index in [1.807, 2.05) is 6.07 Å². The molecular formula is C18H18N2O4S. The predicted octanol–water partition coefficient (Wildman–Crippen LogP) is 2.73. The highest BCUT2D eigenvalue weighted by atomic mass is 32.2. The van der Waals surface area contributed by atoms with E-state index in [1.165, 1.54) is 7.11 Å². The number of rotatable bonds is 6. The minimum Gasteiger partial charge on any atom is -0.497 e. The van der Waals surface area contributed by atoms with Gasteiger partial charge in [-0.25, -0.2) is 13.1 Å². The average Bonchev–Trinajstić information content (AvgIpc) is 2.65. The van der Waals surface area contributed by atoms with Crippen LogP contribution in [0.1, 0.15) is 5.56 Å². The molecule has 1 N–H and O–H groups in total. The van der Waals surface area contributed by atoms with Crippen LogP contribution in [0.5, 0.6) is 11.5 Å². The lowest BCUT2D eigenvalue weighted by Gasteiger charge is -2.13. The second-order valence-electron chi connectivity index (χ2n) is 5.36. The molecule has 0 unspecified atom stereocenters. The number of hydrogen-bond acceptors (Lipinski definition) is 5. The standard InChI is InChI=1S/C18H18N2O4S/c1-23-15-6-7-17(24-2)14(10-15)12-20-25(21,22)18-5-3-4-13-11-19-9-8-16(13)18/h3-11,20H,12H2,1-2H3. The van der Waals surface area contributed by atoms with E-state index in [1.54, 1.807) is 55.9 Å². The average molecular weight is 358 g/mol. The van der Waals surface area contributed by atoms with Gasteiger partial charge < -0.3 is 9.47 Å². The molecule has 1 heterocycles. The molecule has 0 spiro atoms. The Morgan fingerprint density at radius 3 is 2.68 bits per heavy atom. The van der Waals surface area contributed by atoms with Crippen LogP contribution < -0.4 is 14.2 Å². The van der Waals surface area contributed by atoms with Gasteiger partial charge in [0.2, 0.25) is 10.0 Å². The van der Waals surface area contributed by atoms with Crippen molar-refractivity contribution in [1.29, 1.82) is 0 Å². The molecule has 0 aliphatic rings. The molecule has 0 amide bonds. The molecule has 0 atom stereocenters. The van der Waals surface area contributed by atoms with Gasteiger partial charge in [0, 0.05) is 35.3 Å². The Hall–Kier alpha value is -2.64. The third kappa shape index (κ3) is 3.57. The first-order valence-corrected chi connectivity index (χ1v) is 9.07. The van der Waals surface area contributed by atoms with Crippen LogP contribution in [-0.4, -0.2) is 27.6 Å². The monoisotopic (exact) mass is 358 g/mol. The number of pyridine rings is 1. The van der Waals surface area contributed by atoms with E-state index >= 15 is 0 Å². The summed E-state index contributed by atoms with van der Waals surface area (Å²) < 4.78 is 38.6. The van der Waals surface area contributed by atoms with Gasteiger partial charge in [-0.3, -0.25) is 4.98 Å². The normalized spacial score (nSPS) is 11.4. The second kappa shape index (κ2) is 7.08. The molecular weight excluding hydrogens is 340 g/mol. The highest BCUT2D eigenvalue weighted by Gasteiger charge is 2.18. The van der Waals surface area contributed by atoms with Crippen molar-refractivity contribution in [3.05, 3.63) is 60.4 Å². The van der Waals surface area contributed by atoms with E-state index in [2.05, 4.69) is 9.71 Å². The number of ether oxygens (including phenoxy) is 2. The fourth-order valence-electron chi connectivity index (χ4n) is 2.60. The molecule has 0 aliphatic heterocycles. The minimum absolute atomic E-state index is 0.0875. The SMILES string of the molecule is COc1ccc(OC)c(CNS(=O)(=O)c2cccc3cnccc23)c1. The van der Waals surface area contributed by atoms with Crippen molar-refractivity contribution in [2.24, 2.45) is 0 Å². The molecule has 7 heteroatoms. The van der Waals surface area contributed by atoms with Gasteiger partial charge >= 0.3 is 0 Å². The van der Waals surface area contributed by atoms with Crippen LogP contribution in [0.4, 0.5) is 0 Å². The van der Waals surface area contributed by atoms with Crippen LogP contribution in [0.15, 0.2) is 59.8 Å². The number of nitrogens with zero attached hydrogens (tertiary/aromatic N) is 1. The molecule has 130 valence electrons. The molecule has 0 fully saturated rings. The Morgan fingerprint density at radius 1 is 1.08 bits per heavy atom. The molecule has 0 radical (unpaired) electrons. The number of sulfonamides is 1. The van der Waals surface area contributed by atoms with Crippen molar-refractivity contribution in [2.75, 3.05) is 14.2 Å². The summed E-state index contributed by atoms with van der Waals surface area (Å²) in [7, 11) is -0.609.